The summed E-state index contributed by atoms with van der Waals surface area (Å²) in [4.78, 5) is 13.5. The zero-order valence-electron chi connectivity index (χ0n) is 13.2. The van der Waals surface area contributed by atoms with Crippen LogP contribution in [-0.4, -0.2) is 36.8 Å². The largest absolute Gasteiger partial charge is 0.508 e. The van der Waals surface area contributed by atoms with Crippen molar-refractivity contribution in [2.45, 2.75) is 24.7 Å². The maximum Gasteiger partial charge on any atom is 0.265 e. The highest BCUT2D eigenvalue weighted by Gasteiger charge is 2.30. The molecule has 3 rings (SSSR count). The average Bonchev–Trinajstić information content (AvgIpc) is 3.19. The molecule has 0 unspecified atom stereocenters. The van der Waals surface area contributed by atoms with Gasteiger partial charge < -0.3 is 10.4 Å². The molecule has 1 aliphatic heterocycles. The third-order valence-corrected chi connectivity index (χ3v) is 7.11. The summed E-state index contributed by atoms with van der Waals surface area (Å²) in [6.07, 6.45) is 1.74. The Balaban J connectivity index is 1.83. The van der Waals surface area contributed by atoms with E-state index in [4.69, 9.17) is 0 Å². The van der Waals surface area contributed by atoms with Crippen molar-refractivity contribution in [3.8, 4) is 5.75 Å². The highest BCUT2D eigenvalue weighted by Crippen LogP contribution is 2.30. The number of phenolic OH excluding ortho intramolecular Hbond substituents is 1. The molecule has 1 aromatic carbocycles. The molecule has 8 heteroatoms. The Morgan fingerprint density at radius 3 is 2.46 bits per heavy atom. The number of nitrogens with zero attached hydrogens (tertiary/aromatic N) is 1. The van der Waals surface area contributed by atoms with Gasteiger partial charge in [-0.05, 0) is 50.1 Å². The number of carbonyl (C=O) groups is 1. The number of sulfonamides is 1. The first kappa shape index (κ1) is 16.9. The number of rotatable bonds is 4. The van der Waals surface area contributed by atoms with E-state index >= 15 is 0 Å². The number of aryl methyl sites for hydroxylation is 1. The Kier molecular flexibility index (Phi) is 4.62. The third kappa shape index (κ3) is 3.31. The van der Waals surface area contributed by atoms with Crippen molar-refractivity contribution in [2.75, 3.05) is 18.4 Å². The summed E-state index contributed by atoms with van der Waals surface area (Å²) in [5, 5.41) is 12.0. The number of nitrogens with one attached hydrogen (secondary N) is 1. The summed E-state index contributed by atoms with van der Waals surface area (Å²) in [5.74, 6) is -0.254. The molecule has 1 fully saturated rings. The van der Waals surface area contributed by atoms with E-state index in [1.807, 2.05) is 0 Å². The van der Waals surface area contributed by atoms with Crippen molar-refractivity contribution in [1.29, 1.82) is 0 Å². The topological polar surface area (TPSA) is 86.7 Å². The average molecular weight is 366 g/mol. The Labute approximate surface area is 144 Å². The van der Waals surface area contributed by atoms with Crippen LogP contribution in [0, 0.1) is 6.92 Å². The molecule has 1 amide bonds. The minimum atomic E-state index is -3.53. The van der Waals surface area contributed by atoms with Gasteiger partial charge in [-0.1, -0.05) is 0 Å². The van der Waals surface area contributed by atoms with Crippen LogP contribution in [0.25, 0.3) is 0 Å². The molecule has 2 aromatic rings. The maximum atomic E-state index is 12.7. The van der Waals surface area contributed by atoms with Crippen molar-refractivity contribution in [1.82, 2.24) is 4.31 Å². The Morgan fingerprint density at radius 2 is 1.83 bits per heavy atom. The lowest BCUT2D eigenvalue weighted by molar-refractivity contribution is 0.103. The zero-order chi connectivity index (χ0) is 17.3. The predicted octanol–water partition coefficient (Wildman–Crippen LogP) is 2.80. The molecule has 128 valence electrons. The molecule has 0 spiro atoms. The molecule has 2 heterocycles. The summed E-state index contributed by atoms with van der Waals surface area (Å²) < 4.78 is 26.8. The van der Waals surface area contributed by atoms with Gasteiger partial charge in [0.1, 0.15) is 5.75 Å². The van der Waals surface area contributed by atoms with E-state index in [1.165, 1.54) is 22.5 Å². The molecule has 0 saturated carbocycles. The molecular formula is C16H18N2O4S2. The number of benzene rings is 1. The molecule has 0 bridgehead atoms. The SMILES string of the molecule is Cc1sc(C(=O)Nc2ccc(O)cc2)cc1S(=O)(=O)N1CCCC1. The van der Waals surface area contributed by atoms with Crippen molar-refractivity contribution >= 4 is 33.0 Å². The summed E-state index contributed by atoms with van der Waals surface area (Å²) >= 11 is 1.16. The van der Waals surface area contributed by atoms with Gasteiger partial charge in [-0.15, -0.1) is 11.3 Å². The van der Waals surface area contributed by atoms with Crippen LogP contribution in [-0.2, 0) is 10.0 Å². The van der Waals surface area contributed by atoms with E-state index in [0.717, 1.165) is 24.2 Å². The second-order valence-corrected chi connectivity index (χ2v) is 8.81. The minimum absolute atomic E-state index is 0.110. The molecule has 2 N–H and O–H groups in total. The highest BCUT2D eigenvalue weighted by atomic mass is 32.2. The molecule has 1 saturated heterocycles. The number of hydrogen-bond acceptors (Lipinski definition) is 5. The van der Waals surface area contributed by atoms with E-state index in [2.05, 4.69) is 5.32 Å². The van der Waals surface area contributed by atoms with Gasteiger partial charge in [-0.2, -0.15) is 4.31 Å². The number of hydrogen-bond donors (Lipinski definition) is 2. The van der Waals surface area contributed by atoms with Crippen LogP contribution >= 0.6 is 11.3 Å². The van der Waals surface area contributed by atoms with E-state index in [-0.39, 0.29) is 16.6 Å². The highest BCUT2D eigenvalue weighted by molar-refractivity contribution is 7.89. The van der Waals surface area contributed by atoms with Crippen LogP contribution in [0.4, 0.5) is 5.69 Å². The summed E-state index contributed by atoms with van der Waals surface area (Å²) in [6, 6.07) is 7.55. The van der Waals surface area contributed by atoms with Crippen molar-refractivity contribution in [3.63, 3.8) is 0 Å². The molecule has 1 aliphatic rings. The fourth-order valence-electron chi connectivity index (χ4n) is 2.64. The van der Waals surface area contributed by atoms with Crippen LogP contribution < -0.4 is 5.32 Å². The first-order valence-electron chi connectivity index (χ1n) is 7.59. The first-order valence-corrected chi connectivity index (χ1v) is 9.84. The van der Waals surface area contributed by atoms with E-state index in [1.54, 1.807) is 19.1 Å². The van der Waals surface area contributed by atoms with Crippen LogP contribution in [0.1, 0.15) is 27.4 Å². The number of aromatic hydroxyl groups is 1. The number of phenols is 1. The molecular weight excluding hydrogens is 348 g/mol. The fourth-order valence-corrected chi connectivity index (χ4v) is 5.61. The van der Waals surface area contributed by atoms with E-state index in [9.17, 15) is 18.3 Å². The van der Waals surface area contributed by atoms with Gasteiger partial charge in [0.15, 0.2) is 0 Å². The lowest BCUT2D eigenvalue weighted by Crippen LogP contribution is -2.28. The molecule has 0 aliphatic carbocycles. The van der Waals surface area contributed by atoms with Crippen LogP contribution in [0.5, 0.6) is 5.75 Å². The van der Waals surface area contributed by atoms with Crippen LogP contribution in [0.3, 0.4) is 0 Å². The second kappa shape index (κ2) is 6.54. The molecule has 0 atom stereocenters. The van der Waals surface area contributed by atoms with Crippen LogP contribution in [0.2, 0.25) is 0 Å². The Morgan fingerprint density at radius 1 is 1.21 bits per heavy atom. The van der Waals surface area contributed by atoms with Gasteiger partial charge in [0.25, 0.3) is 5.91 Å². The Hall–Kier alpha value is -1.90. The molecule has 24 heavy (non-hydrogen) atoms. The van der Waals surface area contributed by atoms with Gasteiger partial charge in [0, 0.05) is 23.7 Å². The van der Waals surface area contributed by atoms with Crippen molar-refractivity contribution in [3.05, 3.63) is 40.1 Å². The summed E-state index contributed by atoms with van der Waals surface area (Å²) in [7, 11) is -3.53. The fraction of sp³-hybridized carbons (Fsp3) is 0.312. The number of anilines is 1. The van der Waals surface area contributed by atoms with Crippen molar-refractivity contribution in [2.24, 2.45) is 0 Å². The summed E-state index contributed by atoms with van der Waals surface area (Å²) in [6.45, 7) is 2.78. The number of amides is 1. The normalized spacial score (nSPS) is 15.5. The molecule has 0 radical (unpaired) electrons. The second-order valence-electron chi connectivity index (χ2n) is 5.64. The third-order valence-electron chi connectivity index (χ3n) is 3.90. The standard InChI is InChI=1S/C16H18N2O4S2/c1-11-15(24(21,22)18-8-2-3-9-18)10-14(23-11)16(20)17-12-4-6-13(19)7-5-12/h4-7,10,19H,2-3,8-9H2,1H3,(H,17,20). The van der Waals surface area contributed by atoms with E-state index < -0.39 is 10.0 Å². The lowest BCUT2D eigenvalue weighted by atomic mass is 10.3. The van der Waals surface area contributed by atoms with Crippen LogP contribution in [0.15, 0.2) is 35.2 Å². The smallest absolute Gasteiger partial charge is 0.265 e. The van der Waals surface area contributed by atoms with Gasteiger partial charge in [0.2, 0.25) is 10.0 Å². The predicted molar refractivity (Wildman–Crippen MR) is 93.1 cm³/mol. The minimum Gasteiger partial charge on any atom is -0.508 e. The van der Waals surface area contributed by atoms with Gasteiger partial charge in [0.05, 0.1) is 9.77 Å². The quantitative estimate of drug-likeness (QED) is 0.815. The van der Waals surface area contributed by atoms with Crippen molar-refractivity contribution < 1.29 is 18.3 Å². The molecule has 1 aromatic heterocycles. The first-order chi connectivity index (χ1) is 11.4. The number of carbonyl (C=O) groups excluding carboxylic acids is 1. The van der Waals surface area contributed by atoms with Gasteiger partial charge >= 0.3 is 0 Å². The number of thiophene rings is 1. The summed E-state index contributed by atoms with van der Waals surface area (Å²) in [5.41, 5.74) is 0.535. The lowest BCUT2D eigenvalue weighted by Gasteiger charge is -2.14. The maximum absolute atomic E-state index is 12.7. The molecule has 6 nitrogen and oxygen atoms in total. The Bertz CT molecular complexity index is 851. The van der Waals surface area contributed by atoms with Gasteiger partial charge in [-0.25, -0.2) is 8.42 Å². The van der Waals surface area contributed by atoms with Gasteiger partial charge in [-0.3, -0.25) is 4.79 Å². The zero-order valence-corrected chi connectivity index (χ0v) is 14.8. The van der Waals surface area contributed by atoms with E-state index in [0.29, 0.717) is 28.5 Å². The monoisotopic (exact) mass is 366 g/mol.